The third-order valence-corrected chi connectivity index (χ3v) is 4.01. The summed E-state index contributed by atoms with van der Waals surface area (Å²) in [6, 6.07) is 7.84. The first kappa shape index (κ1) is 20.0. The van der Waals surface area contributed by atoms with Crippen molar-refractivity contribution in [2.24, 2.45) is 0 Å². The quantitative estimate of drug-likeness (QED) is 0.446. The van der Waals surface area contributed by atoms with Crippen LogP contribution in [0.3, 0.4) is 0 Å². The van der Waals surface area contributed by atoms with Crippen LogP contribution in [0.5, 0.6) is 0 Å². The molecule has 0 aromatic heterocycles. The third-order valence-electron chi connectivity index (χ3n) is 3.36. The van der Waals surface area contributed by atoms with E-state index in [1.807, 2.05) is 36.6 Å². The molecule has 0 unspecified atom stereocenters. The van der Waals surface area contributed by atoms with Crippen LogP contribution in [0, 0.1) is 0 Å². The predicted octanol–water partition coefficient (Wildman–Crippen LogP) is -2.06. The number of aliphatic carboxylic acids is 1. The summed E-state index contributed by atoms with van der Waals surface area (Å²) in [5.74, 6) is -1.48. The average molecular weight is 353 g/mol. The SMILES string of the molecule is CSCC[C@H]([NH3+])C(=O)N[C@@H](Cc1ccccc1)C(=O)NCC(=O)[O-]. The number of amides is 2. The Labute approximate surface area is 145 Å². The number of carbonyl (C=O) groups excluding carboxylic acids is 3. The van der Waals surface area contributed by atoms with Crippen LogP contribution < -0.4 is 21.5 Å². The summed E-state index contributed by atoms with van der Waals surface area (Å²) in [7, 11) is 0. The van der Waals surface area contributed by atoms with Gasteiger partial charge in [0.1, 0.15) is 6.04 Å². The Balaban J connectivity index is 2.74. The van der Waals surface area contributed by atoms with Gasteiger partial charge in [-0.15, -0.1) is 0 Å². The maximum Gasteiger partial charge on any atom is 0.278 e. The van der Waals surface area contributed by atoms with E-state index in [1.54, 1.807) is 11.8 Å². The van der Waals surface area contributed by atoms with E-state index in [0.717, 1.165) is 11.3 Å². The standard InChI is InChI=1S/C16H23N3O4S/c1-24-8-7-12(17)15(22)19-13(16(23)18-10-14(20)21)9-11-5-3-2-4-6-11/h2-6,12-13H,7-10,17H2,1H3,(H,18,23)(H,19,22)(H,20,21)/t12-,13-/m0/s1. The molecule has 0 aliphatic rings. The van der Waals surface area contributed by atoms with Gasteiger partial charge in [-0.2, -0.15) is 11.8 Å². The fourth-order valence-corrected chi connectivity index (χ4v) is 2.54. The number of carboxylic acid groups (broad SMARTS) is 1. The lowest BCUT2D eigenvalue weighted by Gasteiger charge is -2.20. The summed E-state index contributed by atoms with van der Waals surface area (Å²) in [4.78, 5) is 34.9. The molecule has 0 heterocycles. The molecule has 1 aromatic carbocycles. The molecule has 2 amide bonds. The summed E-state index contributed by atoms with van der Waals surface area (Å²) in [5, 5.41) is 15.4. The van der Waals surface area contributed by atoms with Crippen LogP contribution in [0.15, 0.2) is 30.3 Å². The zero-order valence-corrected chi connectivity index (χ0v) is 14.4. The summed E-state index contributed by atoms with van der Waals surface area (Å²) in [6.45, 7) is -0.597. The molecule has 24 heavy (non-hydrogen) atoms. The number of benzene rings is 1. The molecule has 132 valence electrons. The van der Waals surface area contributed by atoms with Gasteiger partial charge in [0.25, 0.3) is 5.91 Å². The number of nitrogens with one attached hydrogen (secondary N) is 2. The Morgan fingerprint density at radius 3 is 2.46 bits per heavy atom. The van der Waals surface area contributed by atoms with Gasteiger partial charge in [0, 0.05) is 12.8 Å². The lowest BCUT2D eigenvalue weighted by molar-refractivity contribution is -0.404. The van der Waals surface area contributed by atoms with Crippen molar-refractivity contribution >= 4 is 29.5 Å². The minimum atomic E-state index is -1.39. The van der Waals surface area contributed by atoms with E-state index in [4.69, 9.17) is 0 Å². The predicted molar refractivity (Wildman–Crippen MR) is 89.8 cm³/mol. The fraction of sp³-hybridized carbons (Fsp3) is 0.438. The summed E-state index contributed by atoms with van der Waals surface area (Å²) in [6.07, 6.45) is 2.81. The van der Waals surface area contributed by atoms with Crippen molar-refractivity contribution in [3.63, 3.8) is 0 Å². The smallest absolute Gasteiger partial charge is 0.278 e. The van der Waals surface area contributed by atoms with Crippen molar-refractivity contribution < 1.29 is 25.2 Å². The molecule has 2 atom stereocenters. The zero-order chi connectivity index (χ0) is 17.9. The summed E-state index contributed by atoms with van der Waals surface area (Å²) in [5.41, 5.74) is 4.67. The van der Waals surface area contributed by atoms with Crippen LogP contribution >= 0.6 is 11.8 Å². The second kappa shape index (κ2) is 10.7. The molecule has 5 N–H and O–H groups in total. The van der Waals surface area contributed by atoms with E-state index in [9.17, 15) is 19.5 Å². The first-order valence-electron chi connectivity index (χ1n) is 7.58. The Morgan fingerprint density at radius 1 is 1.21 bits per heavy atom. The van der Waals surface area contributed by atoms with Gasteiger partial charge in [0.05, 0.1) is 12.5 Å². The number of hydrogen-bond donors (Lipinski definition) is 3. The number of quaternary nitrogens is 1. The van der Waals surface area contributed by atoms with Crippen LogP contribution in [0.1, 0.15) is 12.0 Å². The highest BCUT2D eigenvalue weighted by molar-refractivity contribution is 7.98. The number of hydrogen-bond acceptors (Lipinski definition) is 5. The number of carbonyl (C=O) groups is 3. The molecule has 1 aromatic rings. The largest absolute Gasteiger partial charge is 0.548 e. The van der Waals surface area contributed by atoms with E-state index in [0.29, 0.717) is 6.42 Å². The molecule has 0 fully saturated rings. The molecule has 0 saturated carbocycles. The number of thioether (sulfide) groups is 1. The maximum atomic E-state index is 12.2. The monoisotopic (exact) mass is 353 g/mol. The van der Waals surface area contributed by atoms with Crippen molar-refractivity contribution in [2.45, 2.75) is 24.9 Å². The molecular formula is C16H23N3O4S. The van der Waals surface area contributed by atoms with Crippen molar-refractivity contribution in [3.8, 4) is 0 Å². The number of rotatable bonds is 10. The summed E-state index contributed by atoms with van der Waals surface area (Å²) >= 11 is 1.62. The van der Waals surface area contributed by atoms with E-state index >= 15 is 0 Å². The third kappa shape index (κ3) is 7.47. The fourth-order valence-electron chi connectivity index (χ4n) is 2.02. The van der Waals surface area contributed by atoms with E-state index in [1.165, 1.54) is 0 Å². The lowest BCUT2D eigenvalue weighted by atomic mass is 10.0. The first-order chi connectivity index (χ1) is 11.4. The normalized spacial score (nSPS) is 12.9. The van der Waals surface area contributed by atoms with Crippen molar-refractivity contribution in [3.05, 3.63) is 35.9 Å². The van der Waals surface area contributed by atoms with Gasteiger partial charge in [0.2, 0.25) is 5.91 Å². The highest BCUT2D eigenvalue weighted by Gasteiger charge is 2.25. The maximum absolute atomic E-state index is 12.2. The number of carboxylic acids is 1. The van der Waals surface area contributed by atoms with Gasteiger partial charge in [0.15, 0.2) is 6.04 Å². The Morgan fingerprint density at radius 2 is 1.88 bits per heavy atom. The molecule has 7 nitrogen and oxygen atoms in total. The topological polar surface area (TPSA) is 126 Å². The molecule has 0 aliphatic heterocycles. The molecule has 0 aliphatic carbocycles. The van der Waals surface area contributed by atoms with Gasteiger partial charge in [-0.1, -0.05) is 30.3 Å². The highest BCUT2D eigenvalue weighted by Crippen LogP contribution is 2.05. The van der Waals surface area contributed by atoms with Gasteiger partial charge in [-0.05, 0) is 17.6 Å². The molecule has 1 rings (SSSR count). The van der Waals surface area contributed by atoms with Crippen LogP contribution in [0.2, 0.25) is 0 Å². The molecule has 0 bridgehead atoms. The van der Waals surface area contributed by atoms with E-state index in [2.05, 4.69) is 16.4 Å². The second-order valence-electron chi connectivity index (χ2n) is 5.32. The van der Waals surface area contributed by atoms with Crippen LogP contribution in [0.4, 0.5) is 0 Å². The second-order valence-corrected chi connectivity index (χ2v) is 6.30. The van der Waals surface area contributed by atoms with Gasteiger partial charge in [-0.3, -0.25) is 9.59 Å². The van der Waals surface area contributed by atoms with Gasteiger partial charge in [-0.25, -0.2) is 0 Å². The van der Waals surface area contributed by atoms with Crippen LogP contribution in [-0.2, 0) is 20.8 Å². The van der Waals surface area contributed by atoms with Crippen LogP contribution in [0.25, 0.3) is 0 Å². The molecular weight excluding hydrogens is 330 g/mol. The Kier molecular flexibility index (Phi) is 8.88. The van der Waals surface area contributed by atoms with Crippen molar-refractivity contribution in [2.75, 3.05) is 18.6 Å². The van der Waals surface area contributed by atoms with Crippen molar-refractivity contribution in [1.29, 1.82) is 0 Å². The van der Waals surface area contributed by atoms with Crippen molar-refractivity contribution in [1.82, 2.24) is 10.6 Å². The van der Waals surface area contributed by atoms with Gasteiger partial charge < -0.3 is 26.3 Å². The molecule has 0 spiro atoms. The Bertz CT molecular complexity index is 554. The van der Waals surface area contributed by atoms with E-state index in [-0.39, 0.29) is 12.3 Å². The van der Waals surface area contributed by atoms with Crippen LogP contribution in [-0.4, -0.2) is 48.4 Å². The van der Waals surface area contributed by atoms with Gasteiger partial charge >= 0.3 is 0 Å². The zero-order valence-electron chi connectivity index (χ0n) is 13.6. The summed E-state index contributed by atoms with van der Waals surface area (Å²) < 4.78 is 0. The average Bonchev–Trinajstić information content (AvgIpc) is 2.57. The minimum Gasteiger partial charge on any atom is -0.548 e. The first-order valence-corrected chi connectivity index (χ1v) is 8.97. The molecule has 8 heteroatoms. The van der Waals surface area contributed by atoms with E-state index < -0.39 is 30.5 Å². The molecule has 0 saturated heterocycles. The lowest BCUT2D eigenvalue weighted by Crippen LogP contribution is -2.69. The highest BCUT2D eigenvalue weighted by atomic mass is 32.2. The Hall–Kier alpha value is -2.06. The minimum absolute atomic E-state index is 0.265. The molecule has 0 radical (unpaired) electrons.